The van der Waals surface area contributed by atoms with Crippen LogP contribution in [0.3, 0.4) is 0 Å². The van der Waals surface area contributed by atoms with E-state index in [1.54, 1.807) is 16.2 Å². The molecule has 3 N–H and O–H groups in total. The van der Waals surface area contributed by atoms with E-state index in [0.29, 0.717) is 49.8 Å². The van der Waals surface area contributed by atoms with E-state index in [-0.39, 0.29) is 42.8 Å². The van der Waals surface area contributed by atoms with Crippen LogP contribution in [-0.4, -0.2) is 104 Å². The largest absolute Gasteiger partial charge is 0.444 e. The third kappa shape index (κ3) is 9.69. The predicted octanol–water partition coefficient (Wildman–Crippen LogP) is 6.05. The van der Waals surface area contributed by atoms with E-state index < -0.39 is 29.3 Å². The van der Waals surface area contributed by atoms with Gasteiger partial charge in [0, 0.05) is 45.2 Å². The number of carbonyl (C=O) groups is 3. The molecule has 4 atom stereocenters. The van der Waals surface area contributed by atoms with E-state index in [4.69, 9.17) is 9.26 Å². The fraction of sp³-hybridized carbons (Fsp3) is 0.634. The number of β-amino-alcohol motifs (C(OH)–C–C–N with tert-alkyl or cyclic N) is 1. The quantitative estimate of drug-likeness (QED) is 0.221. The van der Waals surface area contributed by atoms with Crippen molar-refractivity contribution < 1.29 is 33.9 Å². The number of ether oxygens (including phenoxy) is 1. The molecule has 5 heterocycles. The van der Waals surface area contributed by atoms with Crippen LogP contribution in [0.2, 0.25) is 0 Å². The van der Waals surface area contributed by atoms with Gasteiger partial charge < -0.3 is 39.5 Å². The highest BCUT2D eigenvalue weighted by Crippen LogP contribution is 2.37. The van der Waals surface area contributed by atoms with Crippen molar-refractivity contribution in [2.75, 3.05) is 37.6 Å². The maximum atomic E-state index is 14.2. The van der Waals surface area contributed by atoms with Gasteiger partial charge in [-0.2, -0.15) is 0 Å². The number of aromatic nitrogens is 2. The van der Waals surface area contributed by atoms with Crippen molar-refractivity contribution in [3.8, 4) is 10.4 Å². The van der Waals surface area contributed by atoms with E-state index in [1.165, 1.54) is 4.90 Å². The molecule has 3 aliphatic rings. The van der Waals surface area contributed by atoms with Crippen LogP contribution < -0.4 is 10.2 Å². The normalized spacial score (nSPS) is 21.8. The van der Waals surface area contributed by atoms with E-state index in [9.17, 15) is 24.6 Å². The van der Waals surface area contributed by atoms with Gasteiger partial charge in [0.2, 0.25) is 11.8 Å². The number of nitrogens with zero attached hydrogens (tertiary/aromatic N) is 5. The molecule has 0 radical (unpaired) electrons. The number of piperidine rings is 2. The summed E-state index contributed by atoms with van der Waals surface area (Å²) in [7, 11) is 0. The Morgan fingerprint density at radius 2 is 1.75 bits per heavy atom. The zero-order valence-electron chi connectivity index (χ0n) is 33.3. The van der Waals surface area contributed by atoms with Crippen molar-refractivity contribution in [1.29, 1.82) is 0 Å². The monoisotopic (exact) mass is 778 g/mol. The Kier molecular flexibility index (Phi) is 12.3. The summed E-state index contributed by atoms with van der Waals surface area (Å²) in [6.07, 6.45) is 2.52. The van der Waals surface area contributed by atoms with E-state index in [1.807, 2.05) is 84.3 Å². The van der Waals surface area contributed by atoms with E-state index in [2.05, 4.69) is 20.4 Å². The van der Waals surface area contributed by atoms with Gasteiger partial charge in [-0.1, -0.05) is 43.3 Å². The second kappa shape index (κ2) is 16.6. The first-order chi connectivity index (χ1) is 26.0. The number of aliphatic hydroxyl groups excluding tert-OH is 1. The van der Waals surface area contributed by atoms with E-state index in [0.717, 1.165) is 47.6 Å². The molecule has 3 fully saturated rings. The van der Waals surface area contributed by atoms with Crippen LogP contribution in [0.1, 0.15) is 109 Å². The molecule has 2 unspecified atom stereocenters. The zero-order valence-corrected chi connectivity index (χ0v) is 34.1. The van der Waals surface area contributed by atoms with Gasteiger partial charge in [0.25, 0.3) is 0 Å². The standard InChI is InChI=1S/C41H58N6O7S/c1-25(2)35(38(50)47-23-31(48)20-32(47)37(49)43-26(3)29-8-10-30(11-9-29)36-27(4)42-24-55-36)33-21-34(44-54-33)45-16-12-28(13-17-45)22-41(52)14-18-46(19-15-41)39(51)53-40(5,6)7/h8-11,21,24-26,28,31-32,35,48,52H,12-20,22-23H2,1-7H3,(H,43,49)/t26?,31-,32+,35?/m1/s1. The minimum absolute atomic E-state index is 0.0668. The average molecular weight is 779 g/mol. The Morgan fingerprint density at radius 1 is 1.07 bits per heavy atom. The number of thiazole rings is 1. The van der Waals surface area contributed by atoms with Gasteiger partial charge in [-0.3, -0.25) is 9.59 Å². The number of aliphatic hydroxyl groups is 2. The summed E-state index contributed by atoms with van der Waals surface area (Å²) in [4.78, 5) is 51.2. The van der Waals surface area contributed by atoms with E-state index >= 15 is 0 Å². The molecule has 0 aliphatic carbocycles. The first-order valence-corrected chi connectivity index (χ1v) is 20.6. The average Bonchev–Trinajstić information content (AvgIpc) is 3.88. The van der Waals surface area contributed by atoms with Crippen molar-refractivity contribution in [2.24, 2.45) is 11.8 Å². The number of anilines is 1. The highest BCUT2D eigenvalue weighted by Gasteiger charge is 2.44. The molecule has 3 amide bonds. The molecule has 0 saturated carbocycles. The number of amides is 3. The van der Waals surface area contributed by atoms with Gasteiger partial charge in [-0.25, -0.2) is 9.78 Å². The Hall–Kier alpha value is -4.01. The topological polar surface area (TPSA) is 162 Å². The highest BCUT2D eigenvalue weighted by atomic mass is 32.1. The number of hydrogen-bond acceptors (Lipinski definition) is 11. The Labute approximate surface area is 328 Å². The van der Waals surface area contributed by atoms with Crippen LogP contribution in [0.25, 0.3) is 10.4 Å². The summed E-state index contributed by atoms with van der Waals surface area (Å²) in [6.45, 7) is 15.8. The number of carbonyl (C=O) groups excluding carboxylic acids is 3. The second-order valence-electron chi connectivity index (χ2n) is 17.2. The molecule has 0 spiro atoms. The lowest BCUT2D eigenvalue weighted by Crippen LogP contribution is -2.49. The Morgan fingerprint density at radius 3 is 2.35 bits per heavy atom. The smallest absolute Gasteiger partial charge is 0.410 e. The highest BCUT2D eigenvalue weighted by molar-refractivity contribution is 7.13. The van der Waals surface area contributed by atoms with Crippen molar-refractivity contribution in [3.05, 3.63) is 52.9 Å². The van der Waals surface area contributed by atoms with Crippen LogP contribution >= 0.6 is 11.3 Å². The molecule has 3 aliphatic heterocycles. The third-order valence-corrected chi connectivity index (χ3v) is 12.3. The molecule has 14 heteroatoms. The molecule has 1 aromatic carbocycles. The lowest BCUT2D eigenvalue weighted by molar-refractivity contribution is -0.141. The van der Waals surface area contributed by atoms with Crippen molar-refractivity contribution >= 4 is 35.1 Å². The summed E-state index contributed by atoms with van der Waals surface area (Å²) in [5, 5.41) is 29.5. The summed E-state index contributed by atoms with van der Waals surface area (Å²) >= 11 is 1.59. The minimum Gasteiger partial charge on any atom is -0.444 e. The molecule has 3 saturated heterocycles. The third-order valence-electron chi connectivity index (χ3n) is 11.4. The van der Waals surface area contributed by atoms with Crippen LogP contribution in [0, 0.1) is 18.8 Å². The predicted molar refractivity (Wildman–Crippen MR) is 211 cm³/mol. The lowest BCUT2D eigenvalue weighted by atomic mass is 9.79. The number of nitrogens with one attached hydrogen (secondary N) is 1. The number of hydrogen-bond donors (Lipinski definition) is 3. The summed E-state index contributed by atoms with van der Waals surface area (Å²) in [6, 6.07) is 8.76. The summed E-state index contributed by atoms with van der Waals surface area (Å²) in [5.74, 6) is 0.0387. The fourth-order valence-corrected chi connectivity index (χ4v) is 9.04. The minimum atomic E-state index is -0.814. The SMILES string of the molecule is Cc1ncsc1-c1ccc(C(C)NC(=O)[C@@H]2C[C@@H](O)CN2C(=O)C(c2cc(N3CCC(CC4(O)CCN(C(=O)OC(C)(C)C)CC4)CC3)no2)C(C)C)cc1. The fourth-order valence-electron chi connectivity index (χ4n) is 8.23. The molecule has 2 aromatic heterocycles. The molecular weight excluding hydrogens is 721 g/mol. The van der Waals surface area contributed by atoms with Gasteiger partial charge in [-0.15, -0.1) is 11.3 Å². The van der Waals surface area contributed by atoms with Gasteiger partial charge in [-0.05, 0) is 89.7 Å². The number of rotatable bonds is 10. The zero-order chi connectivity index (χ0) is 39.7. The Bertz CT molecular complexity index is 1790. The lowest BCUT2D eigenvalue weighted by Gasteiger charge is -2.41. The van der Waals surface area contributed by atoms with Crippen LogP contribution in [0.5, 0.6) is 0 Å². The van der Waals surface area contributed by atoms with Crippen LogP contribution in [0.15, 0.2) is 40.4 Å². The molecule has 300 valence electrons. The summed E-state index contributed by atoms with van der Waals surface area (Å²) < 4.78 is 11.4. The first-order valence-electron chi connectivity index (χ1n) is 19.7. The molecule has 3 aromatic rings. The van der Waals surface area contributed by atoms with Crippen molar-refractivity contribution in [1.82, 2.24) is 25.3 Å². The second-order valence-corrected chi connectivity index (χ2v) is 18.0. The molecule has 55 heavy (non-hydrogen) atoms. The van der Waals surface area contributed by atoms with Gasteiger partial charge >= 0.3 is 6.09 Å². The number of likely N-dealkylation sites (tertiary alicyclic amines) is 2. The maximum Gasteiger partial charge on any atom is 0.410 e. The van der Waals surface area contributed by atoms with Gasteiger partial charge in [0.1, 0.15) is 17.6 Å². The Balaban J connectivity index is 1.03. The molecule has 6 rings (SSSR count). The molecule has 0 bridgehead atoms. The first kappa shape index (κ1) is 40.6. The van der Waals surface area contributed by atoms with Gasteiger partial charge in [0.15, 0.2) is 11.6 Å². The van der Waals surface area contributed by atoms with Crippen LogP contribution in [-0.2, 0) is 14.3 Å². The van der Waals surface area contributed by atoms with Crippen molar-refractivity contribution in [2.45, 2.75) is 122 Å². The van der Waals surface area contributed by atoms with Crippen LogP contribution in [0.4, 0.5) is 10.6 Å². The number of benzene rings is 1. The van der Waals surface area contributed by atoms with Gasteiger partial charge in [0.05, 0.1) is 33.8 Å². The maximum absolute atomic E-state index is 14.2. The van der Waals surface area contributed by atoms with Crippen molar-refractivity contribution in [3.63, 3.8) is 0 Å². The molecular formula is C41H58N6O7S. The number of aryl methyl sites for hydroxylation is 1. The molecule has 13 nitrogen and oxygen atoms in total. The summed E-state index contributed by atoms with van der Waals surface area (Å²) in [5.41, 5.74) is 3.46.